The SMILES string of the molecule is Nc1ccc(NCCSSCCNc2ccc(N)cc2[N+](=O)[O-])c([N+](=O)[O-])c1. The van der Waals surface area contributed by atoms with E-state index in [2.05, 4.69) is 10.6 Å². The molecule has 0 heterocycles. The van der Waals surface area contributed by atoms with E-state index in [0.717, 1.165) is 11.5 Å². The number of rotatable bonds is 11. The average molecular weight is 425 g/mol. The van der Waals surface area contributed by atoms with E-state index in [0.29, 0.717) is 35.8 Å². The van der Waals surface area contributed by atoms with Gasteiger partial charge in [0, 0.05) is 48.1 Å². The molecule has 28 heavy (non-hydrogen) atoms. The highest BCUT2D eigenvalue weighted by Gasteiger charge is 2.14. The third kappa shape index (κ3) is 6.39. The van der Waals surface area contributed by atoms with Crippen molar-refractivity contribution in [2.45, 2.75) is 0 Å². The molecule has 0 aliphatic carbocycles. The van der Waals surface area contributed by atoms with Gasteiger partial charge in [0.05, 0.1) is 9.85 Å². The van der Waals surface area contributed by atoms with Gasteiger partial charge in [-0.15, -0.1) is 0 Å². The van der Waals surface area contributed by atoms with Crippen LogP contribution in [0.15, 0.2) is 36.4 Å². The van der Waals surface area contributed by atoms with E-state index in [9.17, 15) is 20.2 Å². The highest BCUT2D eigenvalue weighted by atomic mass is 33.1. The van der Waals surface area contributed by atoms with E-state index < -0.39 is 9.85 Å². The second-order valence-corrected chi connectivity index (χ2v) is 8.27. The molecule has 0 bridgehead atoms. The number of nitrogens with one attached hydrogen (secondary N) is 2. The van der Waals surface area contributed by atoms with Crippen LogP contribution in [0.25, 0.3) is 0 Å². The number of nitrogen functional groups attached to an aromatic ring is 2. The summed E-state index contributed by atoms with van der Waals surface area (Å²) in [7, 11) is 3.21. The molecule has 0 aliphatic heterocycles. The predicted molar refractivity (Wildman–Crippen MR) is 117 cm³/mol. The fourth-order valence-corrected chi connectivity index (χ4v) is 4.08. The molecule has 0 radical (unpaired) electrons. The molecule has 150 valence electrons. The lowest BCUT2D eigenvalue weighted by Gasteiger charge is -2.08. The molecule has 0 spiro atoms. The number of hydrogen-bond acceptors (Lipinski definition) is 10. The summed E-state index contributed by atoms with van der Waals surface area (Å²) in [5.74, 6) is 1.46. The van der Waals surface area contributed by atoms with E-state index in [-0.39, 0.29) is 11.4 Å². The summed E-state index contributed by atoms with van der Waals surface area (Å²) in [4.78, 5) is 21.1. The van der Waals surface area contributed by atoms with Crippen LogP contribution in [-0.4, -0.2) is 34.4 Å². The second-order valence-electron chi connectivity index (χ2n) is 5.56. The molecular formula is C16H20N6O4S2. The maximum Gasteiger partial charge on any atom is 0.294 e. The second kappa shape index (κ2) is 10.5. The Labute approximate surface area is 169 Å². The molecule has 0 atom stereocenters. The molecule has 10 nitrogen and oxygen atoms in total. The van der Waals surface area contributed by atoms with Gasteiger partial charge >= 0.3 is 0 Å². The molecular weight excluding hydrogens is 404 g/mol. The third-order valence-electron chi connectivity index (χ3n) is 3.52. The summed E-state index contributed by atoms with van der Waals surface area (Å²) in [5, 5.41) is 28.1. The van der Waals surface area contributed by atoms with E-state index in [4.69, 9.17) is 11.5 Å². The summed E-state index contributed by atoms with van der Waals surface area (Å²) in [6.45, 7) is 1.11. The monoisotopic (exact) mass is 424 g/mol. The maximum atomic E-state index is 11.0. The van der Waals surface area contributed by atoms with Crippen molar-refractivity contribution in [1.29, 1.82) is 0 Å². The van der Waals surface area contributed by atoms with Gasteiger partial charge in [0.1, 0.15) is 11.4 Å². The molecule has 0 aliphatic rings. The van der Waals surface area contributed by atoms with Gasteiger partial charge in [-0.1, -0.05) is 21.6 Å². The highest BCUT2D eigenvalue weighted by molar-refractivity contribution is 8.76. The molecule has 0 aromatic heterocycles. The fraction of sp³-hybridized carbons (Fsp3) is 0.250. The summed E-state index contributed by atoms with van der Waals surface area (Å²) in [6.07, 6.45) is 0. The van der Waals surface area contributed by atoms with Crippen LogP contribution in [0.2, 0.25) is 0 Å². The van der Waals surface area contributed by atoms with Crippen LogP contribution in [-0.2, 0) is 0 Å². The van der Waals surface area contributed by atoms with Crippen molar-refractivity contribution >= 4 is 55.7 Å². The Hall–Kier alpha value is -2.86. The van der Waals surface area contributed by atoms with Crippen molar-refractivity contribution in [2.24, 2.45) is 0 Å². The minimum atomic E-state index is -0.470. The van der Waals surface area contributed by atoms with Gasteiger partial charge in [0.15, 0.2) is 0 Å². The Morgan fingerprint density at radius 1 is 0.786 bits per heavy atom. The lowest BCUT2D eigenvalue weighted by Crippen LogP contribution is -2.07. The van der Waals surface area contributed by atoms with Crippen molar-refractivity contribution in [3.05, 3.63) is 56.6 Å². The smallest absolute Gasteiger partial charge is 0.294 e. The number of nitro benzene ring substituents is 2. The van der Waals surface area contributed by atoms with E-state index in [1.54, 1.807) is 45.9 Å². The largest absolute Gasteiger partial charge is 0.399 e. The zero-order chi connectivity index (χ0) is 20.5. The third-order valence-corrected chi connectivity index (χ3v) is 5.93. The van der Waals surface area contributed by atoms with Crippen molar-refractivity contribution in [3.8, 4) is 0 Å². The Bertz CT molecular complexity index is 782. The zero-order valence-corrected chi connectivity index (χ0v) is 16.4. The molecule has 0 saturated heterocycles. The Kier molecular flexibility index (Phi) is 8.02. The Morgan fingerprint density at radius 3 is 1.54 bits per heavy atom. The van der Waals surface area contributed by atoms with Crippen LogP contribution in [0.3, 0.4) is 0 Å². The maximum absolute atomic E-state index is 11.0. The lowest BCUT2D eigenvalue weighted by molar-refractivity contribution is -0.384. The molecule has 12 heteroatoms. The van der Waals surface area contributed by atoms with Gasteiger partial charge in [0.2, 0.25) is 0 Å². The first-order valence-electron chi connectivity index (χ1n) is 8.18. The minimum absolute atomic E-state index is 0.0491. The van der Waals surface area contributed by atoms with Gasteiger partial charge in [-0.25, -0.2) is 0 Å². The lowest BCUT2D eigenvalue weighted by atomic mass is 10.2. The standard InChI is InChI=1S/C16H20N6O4S2/c17-11-1-3-13(15(9-11)21(23)24)19-5-7-27-28-8-6-20-14-4-2-12(18)10-16(14)22(25)26/h1-4,9-10,19-20H,5-8,17-18H2. The summed E-state index contributed by atoms with van der Waals surface area (Å²) >= 11 is 0. The normalized spacial score (nSPS) is 10.4. The molecule has 2 aromatic rings. The molecule has 6 N–H and O–H groups in total. The van der Waals surface area contributed by atoms with Gasteiger partial charge in [-0.05, 0) is 24.3 Å². The van der Waals surface area contributed by atoms with Crippen LogP contribution in [0.5, 0.6) is 0 Å². The fourth-order valence-electron chi connectivity index (χ4n) is 2.27. The topological polar surface area (TPSA) is 162 Å². The summed E-state index contributed by atoms with van der Waals surface area (Å²) in [6, 6.07) is 9.06. The number of nitrogens with two attached hydrogens (primary N) is 2. The van der Waals surface area contributed by atoms with Crippen LogP contribution in [0.1, 0.15) is 0 Å². The minimum Gasteiger partial charge on any atom is -0.399 e. The molecule has 2 aromatic carbocycles. The summed E-state index contributed by atoms with van der Waals surface area (Å²) in [5.41, 5.74) is 12.6. The van der Waals surface area contributed by atoms with Crippen molar-refractivity contribution < 1.29 is 9.85 Å². The first-order chi connectivity index (χ1) is 13.4. The van der Waals surface area contributed by atoms with Crippen LogP contribution in [0.4, 0.5) is 34.1 Å². The molecule has 0 unspecified atom stereocenters. The number of anilines is 4. The van der Waals surface area contributed by atoms with Crippen molar-refractivity contribution in [2.75, 3.05) is 46.7 Å². The molecule has 0 saturated carbocycles. The average Bonchev–Trinajstić information content (AvgIpc) is 2.65. The van der Waals surface area contributed by atoms with Gasteiger partial charge < -0.3 is 22.1 Å². The highest BCUT2D eigenvalue weighted by Crippen LogP contribution is 2.28. The van der Waals surface area contributed by atoms with E-state index >= 15 is 0 Å². The molecule has 0 amide bonds. The van der Waals surface area contributed by atoms with E-state index in [1.165, 1.54) is 12.1 Å². The number of benzene rings is 2. The number of nitro groups is 2. The number of hydrogen-bond donors (Lipinski definition) is 4. The zero-order valence-electron chi connectivity index (χ0n) is 14.8. The van der Waals surface area contributed by atoms with Crippen LogP contribution >= 0.6 is 21.6 Å². The van der Waals surface area contributed by atoms with Gasteiger partial charge in [0.25, 0.3) is 11.4 Å². The van der Waals surface area contributed by atoms with Crippen molar-refractivity contribution in [1.82, 2.24) is 0 Å². The summed E-state index contributed by atoms with van der Waals surface area (Å²) < 4.78 is 0. The predicted octanol–water partition coefficient (Wildman–Crippen LogP) is 3.57. The quantitative estimate of drug-likeness (QED) is 0.138. The van der Waals surface area contributed by atoms with Crippen LogP contribution < -0.4 is 22.1 Å². The molecule has 2 rings (SSSR count). The Balaban J connectivity index is 1.67. The molecule has 0 fully saturated rings. The van der Waals surface area contributed by atoms with Crippen LogP contribution in [0, 0.1) is 20.2 Å². The van der Waals surface area contributed by atoms with Gasteiger partial charge in [-0.3, -0.25) is 20.2 Å². The van der Waals surface area contributed by atoms with E-state index in [1.807, 2.05) is 0 Å². The first kappa shape index (κ1) is 21.4. The number of nitrogens with zero attached hydrogens (tertiary/aromatic N) is 2. The van der Waals surface area contributed by atoms with Gasteiger partial charge in [-0.2, -0.15) is 0 Å². The van der Waals surface area contributed by atoms with Crippen molar-refractivity contribution in [3.63, 3.8) is 0 Å². The first-order valence-corrected chi connectivity index (χ1v) is 10.7. The Morgan fingerprint density at radius 2 is 1.18 bits per heavy atom.